The Labute approximate surface area is 181 Å². The maximum absolute atomic E-state index is 13.8. The number of piperidine rings is 1. The van der Waals surface area contributed by atoms with Crippen LogP contribution >= 0.6 is 0 Å². The van der Waals surface area contributed by atoms with Gasteiger partial charge in [0.15, 0.2) is 0 Å². The number of sulfonamides is 1. The molecule has 1 saturated heterocycles. The summed E-state index contributed by atoms with van der Waals surface area (Å²) in [5, 5.41) is 3.24. The number of aryl methyl sites for hydroxylation is 1. The van der Waals surface area contributed by atoms with Gasteiger partial charge in [-0.3, -0.25) is 4.72 Å². The lowest BCUT2D eigenvalue weighted by molar-refractivity contribution is 0.568. The molecule has 0 spiro atoms. The molecule has 1 fully saturated rings. The summed E-state index contributed by atoms with van der Waals surface area (Å²) in [4.78, 5) is 11.0. The van der Waals surface area contributed by atoms with Crippen LogP contribution in [0.5, 0.6) is 0 Å². The normalized spacial score (nSPS) is 14.3. The highest BCUT2D eigenvalue weighted by Crippen LogP contribution is 2.23. The molecular weight excluding hydrogens is 417 g/mol. The van der Waals surface area contributed by atoms with Crippen molar-refractivity contribution in [3.05, 3.63) is 66.1 Å². The molecule has 0 radical (unpaired) electrons. The summed E-state index contributed by atoms with van der Waals surface area (Å²) >= 11 is 0. The molecule has 0 amide bonds. The first-order valence-corrected chi connectivity index (χ1v) is 11.6. The van der Waals surface area contributed by atoms with Gasteiger partial charge in [-0.25, -0.2) is 17.8 Å². The zero-order chi connectivity index (χ0) is 21.8. The predicted molar refractivity (Wildman–Crippen MR) is 120 cm³/mol. The van der Waals surface area contributed by atoms with Crippen LogP contribution in [0.2, 0.25) is 0 Å². The molecular formula is C22H24FN5O2S. The lowest BCUT2D eigenvalue weighted by Gasteiger charge is -2.27. The van der Waals surface area contributed by atoms with Gasteiger partial charge in [-0.1, -0.05) is 12.1 Å². The SMILES string of the molecule is Cc1cc(Nc2ccc(NS(=O)(=O)c3ccccc3F)cc2)nc(N2CCCCC2)n1. The molecule has 0 bridgehead atoms. The lowest BCUT2D eigenvalue weighted by atomic mass is 10.1. The second-order valence-electron chi connectivity index (χ2n) is 7.48. The number of nitrogens with one attached hydrogen (secondary N) is 2. The number of hydrogen-bond acceptors (Lipinski definition) is 6. The fraction of sp³-hybridized carbons (Fsp3) is 0.273. The van der Waals surface area contributed by atoms with Crippen molar-refractivity contribution in [2.24, 2.45) is 0 Å². The van der Waals surface area contributed by atoms with Gasteiger partial charge in [-0.2, -0.15) is 4.98 Å². The quantitative estimate of drug-likeness (QED) is 0.587. The van der Waals surface area contributed by atoms with Gasteiger partial charge < -0.3 is 10.2 Å². The number of halogens is 1. The maximum atomic E-state index is 13.8. The number of hydrogen-bond donors (Lipinski definition) is 2. The zero-order valence-corrected chi connectivity index (χ0v) is 18.0. The molecule has 0 atom stereocenters. The van der Waals surface area contributed by atoms with Crippen molar-refractivity contribution in [1.82, 2.24) is 9.97 Å². The Kier molecular flexibility index (Phi) is 6.03. The molecule has 9 heteroatoms. The van der Waals surface area contributed by atoms with Crippen LogP contribution in [-0.2, 0) is 10.0 Å². The standard InChI is InChI=1S/C22H24FN5O2S/c1-16-15-21(26-22(24-16)28-13-5-2-6-14-28)25-17-9-11-18(12-10-17)27-31(29,30)20-8-4-3-7-19(20)23/h3-4,7-12,15,27H,2,5-6,13-14H2,1H3,(H,24,25,26). The number of aromatic nitrogens is 2. The summed E-state index contributed by atoms with van der Waals surface area (Å²) in [6.45, 7) is 3.85. The fourth-order valence-corrected chi connectivity index (χ4v) is 4.63. The summed E-state index contributed by atoms with van der Waals surface area (Å²) in [6.07, 6.45) is 3.52. The Bertz CT molecular complexity index is 1160. The van der Waals surface area contributed by atoms with Crippen LogP contribution in [0.15, 0.2) is 59.5 Å². The van der Waals surface area contributed by atoms with E-state index >= 15 is 0 Å². The molecule has 1 aliphatic heterocycles. The molecule has 1 aromatic heterocycles. The Morgan fingerprint density at radius 3 is 2.32 bits per heavy atom. The van der Waals surface area contributed by atoms with E-state index in [2.05, 4.69) is 24.9 Å². The average molecular weight is 442 g/mol. The molecule has 1 aliphatic rings. The molecule has 0 unspecified atom stereocenters. The van der Waals surface area contributed by atoms with E-state index in [0.717, 1.165) is 49.3 Å². The predicted octanol–water partition coefficient (Wildman–Crippen LogP) is 4.46. The molecule has 0 saturated carbocycles. The van der Waals surface area contributed by atoms with Crippen molar-refractivity contribution < 1.29 is 12.8 Å². The molecule has 162 valence electrons. The van der Waals surface area contributed by atoms with Gasteiger partial charge in [-0.05, 0) is 62.6 Å². The third-order valence-corrected chi connectivity index (χ3v) is 6.43. The van der Waals surface area contributed by atoms with Crippen molar-refractivity contribution in [2.45, 2.75) is 31.1 Å². The highest BCUT2D eigenvalue weighted by molar-refractivity contribution is 7.92. The second-order valence-corrected chi connectivity index (χ2v) is 9.13. The average Bonchev–Trinajstić information content (AvgIpc) is 2.75. The smallest absolute Gasteiger partial charge is 0.264 e. The van der Waals surface area contributed by atoms with Gasteiger partial charge >= 0.3 is 0 Å². The molecule has 2 heterocycles. The molecule has 4 rings (SSSR count). The Morgan fingerprint density at radius 1 is 0.935 bits per heavy atom. The van der Waals surface area contributed by atoms with Gasteiger partial charge in [-0.15, -0.1) is 0 Å². The second kappa shape index (κ2) is 8.89. The lowest BCUT2D eigenvalue weighted by Crippen LogP contribution is -2.31. The first-order valence-electron chi connectivity index (χ1n) is 10.2. The van der Waals surface area contributed by atoms with Gasteiger partial charge in [0, 0.05) is 36.2 Å². The molecule has 7 nitrogen and oxygen atoms in total. The van der Waals surface area contributed by atoms with Gasteiger partial charge in [0.05, 0.1) is 0 Å². The minimum Gasteiger partial charge on any atom is -0.341 e. The highest BCUT2D eigenvalue weighted by Gasteiger charge is 2.18. The van der Waals surface area contributed by atoms with Crippen LogP contribution in [-0.4, -0.2) is 31.5 Å². The third-order valence-electron chi connectivity index (χ3n) is 5.02. The fourth-order valence-electron chi connectivity index (χ4n) is 3.49. The summed E-state index contributed by atoms with van der Waals surface area (Å²) in [7, 11) is -4.01. The van der Waals surface area contributed by atoms with Crippen molar-refractivity contribution >= 4 is 33.2 Å². The molecule has 31 heavy (non-hydrogen) atoms. The van der Waals surface area contributed by atoms with Crippen molar-refractivity contribution in [1.29, 1.82) is 0 Å². The number of nitrogens with zero attached hydrogens (tertiary/aromatic N) is 3. The van der Waals surface area contributed by atoms with E-state index in [1.165, 1.54) is 24.6 Å². The summed E-state index contributed by atoms with van der Waals surface area (Å²) < 4.78 is 41.1. The first kappa shape index (κ1) is 21.0. The van der Waals surface area contributed by atoms with Crippen LogP contribution in [0.4, 0.5) is 27.5 Å². The van der Waals surface area contributed by atoms with Gasteiger partial charge in [0.2, 0.25) is 5.95 Å². The topological polar surface area (TPSA) is 87.2 Å². The largest absolute Gasteiger partial charge is 0.341 e. The summed E-state index contributed by atoms with van der Waals surface area (Å²) in [6, 6.07) is 13.8. The van der Waals surface area contributed by atoms with Crippen LogP contribution in [0.1, 0.15) is 25.0 Å². The van der Waals surface area contributed by atoms with E-state index < -0.39 is 15.8 Å². The van der Waals surface area contributed by atoms with Crippen LogP contribution in [0.3, 0.4) is 0 Å². The van der Waals surface area contributed by atoms with Crippen molar-refractivity contribution in [3.63, 3.8) is 0 Å². The molecule has 3 aromatic rings. The monoisotopic (exact) mass is 441 g/mol. The van der Waals surface area contributed by atoms with Gasteiger partial charge in [0.25, 0.3) is 10.0 Å². The highest BCUT2D eigenvalue weighted by atomic mass is 32.2. The first-order chi connectivity index (χ1) is 14.9. The number of anilines is 4. The minimum atomic E-state index is -4.01. The van der Waals surface area contributed by atoms with Crippen LogP contribution < -0.4 is 14.9 Å². The zero-order valence-electron chi connectivity index (χ0n) is 17.2. The Morgan fingerprint density at radius 2 is 1.61 bits per heavy atom. The van der Waals surface area contributed by atoms with E-state index in [1.807, 2.05) is 13.0 Å². The van der Waals surface area contributed by atoms with E-state index in [4.69, 9.17) is 0 Å². The minimum absolute atomic E-state index is 0.335. The van der Waals surface area contributed by atoms with E-state index in [9.17, 15) is 12.8 Å². The van der Waals surface area contributed by atoms with Crippen molar-refractivity contribution in [2.75, 3.05) is 28.0 Å². The van der Waals surface area contributed by atoms with E-state index in [0.29, 0.717) is 11.5 Å². The molecule has 2 aromatic carbocycles. The van der Waals surface area contributed by atoms with Crippen molar-refractivity contribution in [3.8, 4) is 0 Å². The molecule has 2 N–H and O–H groups in total. The maximum Gasteiger partial charge on any atom is 0.264 e. The van der Waals surface area contributed by atoms with E-state index in [1.54, 1.807) is 24.3 Å². The number of rotatable bonds is 6. The summed E-state index contributed by atoms with van der Waals surface area (Å²) in [5.74, 6) is 0.598. The third kappa shape index (κ3) is 5.11. The Hall–Kier alpha value is -3.20. The van der Waals surface area contributed by atoms with E-state index in [-0.39, 0.29) is 4.90 Å². The van der Waals surface area contributed by atoms with Crippen LogP contribution in [0, 0.1) is 12.7 Å². The van der Waals surface area contributed by atoms with Crippen LogP contribution in [0.25, 0.3) is 0 Å². The van der Waals surface area contributed by atoms with Gasteiger partial charge in [0.1, 0.15) is 16.5 Å². The summed E-state index contributed by atoms with van der Waals surface area (Å²) in [5.41, 5.74) is 1.95. The molecule has 0 aliphatic carbocycles. The number of benzene rings is 2. The Balaban J connectivity index is 1.48.